The molecule has 2 fully saturated rings. The van der Waals surface area contributed by atoms with Crippen molar-refractivity contribution in [1.29, 1.82) is 0 Å². The van der Waals surface area contributed by atoms with Gasteiger partial charge in [0.25, 0.3) is 11.8 Å². The number of esters is 2. The molecule has 46 heavy (non-hydrogen) atoms. The molecule has 8 heteroatoms. The summed E-state index contributed by atoms with van der Waals surface area (Å²) in [4.78, 5) is 55.2. The zero-order valence-electron chi connectivity index (χ0n) is 24.8. The van der Waals surface area contributed by atoms with Gasteiger partial charge in [0, 0.05) is 35.1 Å². The molecule has 0 aromatic heterocycles. The van der Waals surface area contributed by atoms with Crippen LogP contribution in [0.3, 0.4) is 0 Å². The smallest absolute Gasteiger partial charge is 0.335 e. The van der Waals surface area contributed by atoms with Gasteiger partial charge < -0.3 is 19.3 Å². The minimum atomic E-state index is -1.34. The molecule has 0 radical (unpaired) electrons. The van der Waals surface area contributed by atoms with E-state index in [1.165, 1.54) is 0 Å². The Morgan fingerprint density at radius 2 is 0.913 bits per heavy atom. The minimum absolute atomic E-state index is 0.148. The van der Waals surface area contributed by atoms with Crippen molar-refractivity contribution in [1.82, 2.24) is 0 Å². The standard InChI is InChI=1S/C38H28N2O6/c1-23-19-37(45-33(23)41)29-7-3-5-9-31(29)39(35(37)43)21-25-11-15-27(16-12-25)28-17-13-26(14-18-28)22-40-32-10-6-4-8-30(32)38(36(40)44)20-24(2)34(42)46-38/h3-18H,1-2,19-22H2. The first-order valence-electron chi connectivity index (χ1n) is 15.0. The zero-order valence-corrected chi connectivity index (χ0v) is 24.8. The van der Waals surface area contributed by atoms with Crippen molar-refractivity contribution >= 4 is 35.1 Å². The Labute approximate surface area is 265 Å². The molecule has 0 N–H and O–H groups in total. The van der Waals surface area contributed by atoms with Crippen molar-refractivity contribution in [3.8, 4) is 11.1 Å². The van der Waals surface area contributed by atoms with Crippen molar-refractivity contribution in [3.05, 3.63) is 144 Å². The molecule has 2 saturated heterocycles. The average molecular weight is 609 g/mol. The first-order valence-corrected chi connectivity index (χ1v) is 15.0. The summed E-state index contributed by atoms with van der Waals surface area (Å²) in [6.07, 6.45) is 0.297. The van der Waals surface area contributed by atoms with Crippen LogP contribution in [-0.4, -0.2) is 23.8 Å². The fourth-order valence-corrected chi connectivity index (χ4v) is 7.09. The Balaban J connectivity index is 0.994. The molecular formula is C38H28N2O6. The Morgan fingerprint density at radius 1 is 0.543 bits per heavy atom. The highest BCUT2D eigenvalue weighted by Crippen LogP contribution is 2.51. The van der Waals surface area contributed by atoms with E-state index < -0.39 is 23.1 Å². The summed E-state index contributed by atoms with van der Waals surface area (Å²) in [5.74, 6) is -1.60. The first kappa shape index (κ1) is 27.8. The highest BCUT2D eigenvalue weighted by atomic mass is 16.6. The van der Waals surface area contributed by atoms with Gasteiger partial charge in [-0.05, 0) is 34.4 Å². The Kier molecular flexibility index (Phi) is 5.96. The second-order valence-corrected chi connectivity index (χ2v) is 12.2. The number of carbonyl (C=O) groups is 4. The zero-order chi connectivity index (χ0) is 31.8. The molecule has 8 nitrogen and oxygen atoms in total. The topological polar surface area (TPSA) is 93.2 Å². The molecule has 226 valence electrons. The Bertz CT molecular complexity index is 1850. The molecule has 2 unspecified atom stereocenters. The van der Waals surface area contributed by atoms with E-state index >= 15 is 0 Å². The lowest BCUT2D eigenvalue weighted by atomic mass is 9.91. The number of fused-ring (bicyclic) bond motifs is 4. The summed E-state index contributed by atoms with van der Waals surface area (Å²) in [5, 5.41) is 0. The molecule has 2 amide bonds. The lowest BCUT2D eigenvalue weighted by Gasteiger charge is -2.22. The summed E-state index contributed by atoms with van der Waals surface area (Å²) >= 11 is 0. The van der Waals surface area contributed by atoms with Gasteiger partial charge in [-0.2, -0.15) is 0 Å². The number of anilines is 2. The van der Waals surface area contributed by atoms with Crippen molar-refractivity contribution in [2.24, 2.45) is 0 Å². The Hall–Kier alpha value is -5.76. The van der Waals surface area contributed by atoms with E-state index in [1.807, 2.05) is 97.1 Å². The maximum atomic E-state index is 13.7. The molecule has 4 aliphatic rings. The third-order valence-electron chi connectivity index (χ3n) is 9.40. The maximum absolute atomic E-state index is 13.7. The lowest BCUT2D eigenvalue weighted by molar-refractivity contribution is -0.156. The van der Waals surface area contributed by atoms with Crippen molar-refractivity contribution in [2.45, 2.75) is 37.1 Å². The summed E-state index contributed by atoms with van der Waals surface area (Å²) in [6, 6.07) is 30.8. The highest BCUT2D eigenvalue weighted by Gasteiger charge is 2.59. The van der Waals surface area contributed by atoms with Gasteiger partial charge in [-0.1, -0.05) is 98.1 Å². The molecule has 8 rings (SSSR count). The third-order valence-corrected chi connectivity index (χ3v) is 9.40. The molecule has 4 aromatic carbocycles. The third kappa shape index (κ3) is 3.92. The molecule has 2 atom stereocenters. The first-order chi connectivity index (χ1) is 22.2. The molecule has 0 aliphatic carbocycles. The van der Waals surface area contributed by atoms with E-state index in [0.29, 0.717) is 35.4 Å². The van der Waals surface area contributed by atoms with Crippen LogP contribution in [-0.2, 0) is 52.9 Å². The predicted octanol–water partition coefficient (Wildman–Crippen LogP) is 5.84. The van der Waals surface area contributed by atoms with Gasteiger partial charge in [0.1, 0.15) is 0 Å². The van der Waals surface area contributed by atoms with Crippen LogP contribution >= 0.6 is 0 Å². The molecule has 4 aromatic rings. The van der Waals surface area contributed by atoms with Crippen molar-refractivity contribution in [3.63, 3.8) is 0 Å². The van der Waals surface area contributed by atoms with Crippen molar-refractivity contribution < 1.29 is 28.7 Å². The van der Waals surface area contributed by atoms with Crippen LogP contribution in [0.4, 0.5) is 11.4 Å². The van der Waals surface area contributed by atoms with Crippen LogP contribution in [0.2, 0.25) is 0 Å². The summed E-state index contributed by atoms with van der Waals surface area (Å²) in [6.45, 7) is 8.24. The van der Waals surface area contributed by atoms with Crippen LogP contribution in [0.1, 0.15) is 35.1 Å². The number of nitrogens with zero attached hydrogens (tertiary/aromatic N) is 2. The van der Waals surface area contributed by atoms with Gasteiger partial charge in [0.2, 0.25) is 11.2 Å². The van der Waals surface area contributed by atoms with Gasteiger partial charge in [-0.25, -0.2) is 9.59 Å². The predicted molar refractivity (Wildman–Crippen MR) is 170 cm³/mol. The minimum Gasteiger partial charge on any atom is -0.440 e. The van der Waals surface area contributed by atoms with E-state index in [1.54, 1.807) is 9.80 Å². The van der Waals surface area contributed by atoms with Gasteiger partial charge in [0.15, 0.2) is 0 Å². The fraction of sp³-hybridized carbons (Fsp3) is 0.158. The fourth-order valence-electron chi connectivity index (χ4n) is 7.09. The van der Waals surface area contributed by atoms with Crippen LogP contribution < -0.4 is 9.80 Å². The van der Waals surface area contributed by atoms with Gasteiger partial charge in [-0.15, -0.1) is 0 Å². The molecule has 4 aliphatic heterocycles. The number of para-hydroxylation sites is 2. The van der Waals surface area contributed by atoms with E-state index in [-0.39, 0.29) is 24.7 Å². The maximum Gasteiger partial charge on any atom is 0.335 e. The van der Waals surface area contributed by atoms with E-state index in [0.717, 1.165) is 33.6 Å². The SMILES string of the molecule is C=C1CC2(OC1=O)C(=O)N(Cc1ccc(-c3ccc(CN4C(=O)C5(CC(=C)C(=O)O5)c5ccccc54)cc3)cc1)c1ccccc12. The second-order valence-electron chi connectivity index (χ2n) is 12.2. The summed E-state index contributed by atoms with van der Waals surface area (Å²) in [5.41, 5.74) is 4.61. The van der Waals surface area contributed by atoms with E-state index in [2.05, 4.69) is 13.2 Å². The van der Waals surface area contributed by atoms with Gasteiger partial charge in [-0.3, -0.25) is 9.59 Å². The largest absolute Gasteiger partial charge is 0.440 e. The highest BCUT2D eigenvalue weighted by molar-refractivity contribution is 6.12. The average Bonchev–Trinajstić information content (AvgIpc) is 3.70. The molecule has 4 heterocycles. The van der Waals surface area contributed by atoms with E-state index in [9.17, 15) is 19.2 Å². The number of hydrogen-bond acceptors (Lipinski definition) is 6. The van der Waals surface area contributed by atoms with Crippen molar-refractivity contribution in [2.75, 3.05) is 9.80 Å². The quantitative estimate of drug-likeness (QED) is 0.209. The lowest BCUT2D eigenvalue weighted by Crippen LogP contribution is -2.39. The summed E-state index contributed by atoms with van der Waals surface area (Å²) in [7, 11) is 0. The normalized spacial score (nSPS) is 23.0. The monoisotopic (exact) mass is 608 g/mol. The van der Waals surface area contributed by atoms with Crippen LogP contribution in [0.5, 0.6) is 0 Å². The Morgan fingerprint density at radius 3 is 1.26 bits per heavy atom. The molecule has 0 bridgehead atoms. The number of ether oxygens (including phenoxy) is 2. The molecule has 0 saturated carbocycles. The number of carbonyl (C=O) groups excluding carboxylic acids is 4. The van der Waals surface area contributed by atoms with Gasteiger partial charge in [0.05, 0.1) is 24.5 Å². The van der Waals surface area contributed by atoms with Gasteiger partial charge >= 0.3 is 11.9 Å². The number of benzene rings is 4. The molecule has 2 spiro atoms. The molecular weight excluding hydrogens is 580 g/mol. The summed E-state index contributed by atoms with van der Waals surface area (Å²) < 4.78 is 11.3. The number of amides is 2. The van der Waals surface area contributed by atoms with Crippen LogP contribution in [0.15, 0.2) is 121 Å². The number of rotatable bonds is 5. The van der Waals surface area contributed by atoms with E-state index in [4.69, 9.17) is 9.47 Å². The van der Waals surface area contributed by atoms with Crippen LogP contribution in [0.25, 0.3) is 11.1 Å². The second kappa shape index (κ2) is 9.87. The van der Waals surface area contributed by atoms with Crippen LogP contribution in [0, 0.1) is 0 Å². The number of hydrogen-bond donors (Lipinski definition) is 0.